The minimum absolute atomic E-state index is 0.172. The molecule has 36 heavy (non-hydrogen) atoms. The summed E-state index contributed by atoms with van der Waals surface area (Å²) < 4.78 is 17.9. The maximum atomic E-state index is 12.9. The number of nitrogens with zero attached hydrogens (tertiary/aromatic N) is 1. The first kappa shape index (κ1) is 28.2. The van der Waals surface area contributed by atoms with Gasteiger partial charge in [-0.15, -0.1) is 0 Å². The monoisotopic (exact) mass is 591 g/mol. The smallest absolute Gasteiger partial charge is 0.305 e. The van der Waals surface area contributed by atoms with E-state index in [9.17, 15) is 9.59 Å². The van der Waals surface area contributed by atoms with Crippen LogP contribution in [-0.4, -0.2) is 41.4 Å². The molecule has 1 saturated heterocycles. The van der Waals surface area contributed by atoms with Gasteiger partial charge >= 0.3 is 5.97 Å². The van der Waals surface area contributed by atoms with Crippen LogP contribution in [0.4, 0.5) is 0 Å². The molecule has 6 nitrogen and oxygen atoms in total. The van der Waals surface area contributed by atoms with Crippen molar-refractivity contribution in [3.8, 4) is 11.5 Å². The van der Waals surface area contributed by atoms with Crippen LogP contribution in [0.5, 0.6) is 11.5 Å². The Hall–Kier alpha value is -2.36. The van der Waals surface area contributed by atoms with Gasteiger partial charge in [0.15, 0.2) is 11.5 Å². The Balaban J connectivity index is 1.74. The fourth-order valence-electron chi connectivity index (χ4n) is 3.75. The third kappa shape index (κ3) is 6.89. The Morgan fingerprint density at radius 2 is 1.86 bits per heavy atom. The third-order valence-electron chi connectivity index (χ3n) is 5.82. The number of aryl methyl sites for hydroxylation is 3. The molecule has 1 fully saturated rings. The summed E-state index contributed by atoms with van der Waals surface area (Å²) in [6.45, 7) is 9.16. The first-order valence-corrected chi connectivity index (χ1v) is 13.6. The van der Waals surface area contributed by atoms with Crippen molar-refractivity contribution in [1.82, 2.24) is 4.90 Å². The van der Waals surface area contributed by atoms with Crippen molar-refractivity contribution < 1.29 is 23.8 Å². The van der Waals surface area contributed by atoms with E-state index in [1.54, 1.807) is 20.1 Å². The number of rotatable bonds is 10. The summed E-state index contributed by atoms with van der Waals surface area (Å²) in [4.78, 5) is 26.6. The number of ether oxygens (including phenoxy) is 3. The van der Waals surface area contributed by atoms with Crippen molar-refractivity contribution in [1.29, 1.82) is 0 Å². The molecule has 0 radical (unpaired) electrons. The molecule has 0 spiro atoms. The lowest BCUT2D eigenvalue weighted by molar-refractivity contribution is -0.143. The summed E-state index contributed by atoms with van der Waals surface area (Å²) in [6, 6.07) is 8.03. The maximum absolute atomic E-state index is 12.9. The molecule has 9 heteroatoms. The number of carbonyl (C=O) groups excluding carboxylic acids is 2. The summed E-state index contributed by atoms with van der Waals surface area (Å²) >= 11 is 10.2. The van der Waals surface area contributed by atoms with Crippen LogP contribution in [0.25, 0.3) is 6.08 Å². The number of carbonyl (C=O) groups is 2. The number of hydrogen-bond acceptors (Lipinski definition) is 7. The van der Waals surface area contributed by atoms with Gasteiger partial charge in [0.25, 0.3) is 5.91 Å². The van der Waals surface area contributed by atoms with Crippen LogP contribution >= 0.6 is 39.9 Å². The Bertz CT molecular complexity index is 1210. The number of esters is 1. The van der Waals surface area contributed by atoms with Crippen molar-refractivity contribution >= 4 is 62.2 Å². The Morgan fingerprint density at radius 1 is 1.14 bits per heavy atom. The van der Waals surface area contributed by atoms with Gasteiger partial charge in [-0.25, -0.2) is 0 Å². The number of halogens is 1. The van der Waals surface area contributed by atoms with Crippen LogP contribution in [0, 0.1) is 20.8 Å². The molecule has 0 bridgehead atoms. The zero-order valence-electron chi connectivity index (χ0n) is 21.1. The molecule has 0 atom stereocenters. The number of methoxy groups -OCH3 is 1. The molecule has 2 aromatic rings. The minimum Gasteiger partial charge on any atom is -0.493 e. The Kier molecular flexibility index (Phi) is 9.99. The molecule has 192 valence electrons. The van der Waals surface area contributed by atoms with Gasteiger partial charge in [-0.3, -0.25) is 14.5 Å². The van der Waals surface area contributed by atoms with E-state index in [1.807, 2.05) is 12.1 Å². The van der Waals surface area contributed by atoms with Crippen molar-refractivity contribution in [3.05, 3.63) is 61.5 Å². The van der Waals surface area contributed by atoms with E-state index in [0.29, 0.717) is 46.9 Å². The van der Waals surface area contributed by atoms with Crippen molar-refractivity contribution in [2.24, 2.45) is 0 Å². The molecule has 0 aliphatic carbocycles. The van der Waals surface area contributed by atoms with Gasteiger partial charge in [-0.2, -0.15) is 0 Å². The predicted octanol–water partition coefficient (Wildman–Crippen LogP) is 6.51. The average molecular weight is 593 g/mol. The van der Waals surface area contributed by atoms with E-state index in [1.165, 1.54) is 33.4 Å². The van der Waals surface area contributed by atoms with Crippen LogP contribution < -0.4 is 9.47 Å². The highest BCUT2D eigenvalue weighted by Crippen LogP contribution is 2.39. The SMILES string of the molecule is CCOC(=O)CCCN1C(=O)/C(=C\c2cc(Br)c(OCc3cc(C)c(C)cc3C)c(OC)c2)SC1=S. The predicted molar refractivity (Wildman–Crippen MR) is 151 cm³/mol. The molecule has 1 heterocycles. The molecule has 1 aliphatic heterocycles. The quantitative estimate of drug-likeness (QED) is 0.177. The van der Waals surface area contributed by atoms with Crippen molar-refractivity contribution in [3.63, 3.8) is 0 Å². The first-order valence-electron chi connectivity index (χ1n) is 11.6. The number of benzene rings is 2. The van der Waals surface area contributed by atoms with Gasteiger partial charge in [-0.05, 0) is 96.1 Å². The number of thiocarbonyl (C=S) groups is 1. The Morgan fingerprint density at radius 3 is 2.56 bits per heavy atom. The highest BCUT2D eigenvalue weighted by Gasteiger charge is 2.31. The number of thioether (sulfide) groups is 1. The van der Waals surface area contributed by atoms with Crippen LogP contribution in [0.2, 0.25) is 0 Å². The molecule has 0 unspecified atom stereocenters. The second kappa shape index (κ2) is 12.7. The van der Waals surface area contributed by atoms with Crippen LogP contribution in [0.15, 0.2) is 33.6 Å². The van der Waals surface area contributed by atoms with Crippen LogP contribution in [0.1, 0.15) is 47.6 Å². The summed E-state index contributed by atoms with van der Waals surface area (Å²) in [7, 11) is 1.59. The topological polar surface area (TPSA) is 65.1 Å². The van der Waals surface area contributed by atoms with Crippen molar-refractivity contribution in [2.45, 2.75) is 47.1 Å². The van der Waals surface area contributed by atoms with E-state index in [2.05, 4.69) is 48.8 Å². The molecular weight excluding hydrogens is 562 g/mol. The molecule has 0 N–H and O–H groups in total. The summed E-state index contributed by atoms with van der Waals surface area (Å²) in [5.74, 6) is 0.709. The summed E-state index contributed by atoms with van der Waals surface area (Å²) in [5.41, 5.74) is 5.54. The van der Waals surface area contributed by atoms with Gasteiger partial charge < -0.3 is 14.2 Å². The van der Waals surface area contributed by atoms with E-state index < -0.39 is 0 Å². The van der Waals surface area contributed by atoms with Crippen LogP contribution in [-0.2, 0) is 20.9 Å². The molecule has 3 rings (SSSR count). The highest BCUT2D eigenvalue weighted by atomic mass is 79.9. The fourth-order valence-corrected chi connectivity index (χ4v) is 5.63. The average Bonchev–Trinajstić information content (AvgIpc) is 3.08. The third-order valence-corrected chi connectivity index (χ3v) is 7.78. The van der Waals surface area contributed by atoms with E-state index in [-0.39, 0.29) is 18.3 Å². The van der Waals surface area contributed by atoms with Crippen LogP contribution in [0.3, 0.4) is 0 Å². The van der Waals surface area contributed by atoms with Gasteiger partial charge in [-0.1, -0.05) is 36.1 Å². The molecule has 0 saturated carbocycles. The van der Waals surface area contributed by atoms with Gasteiger partial charge in [0.1, 0.15) is 10.9 Å². The Labute approximate surface area is 230 Å². The second-order valence-electron chi connectivity index (χ2n) is 8.43. The molecular formula is C27H30BrNO5S2. The zero-order valence-corrected chi connectivity index (χ0v) is 24.3. The minimum atomic E-state index is -0.273. The lowest BCUT2D eigenvalue weighted by Crippen LogP contribution is -2.29. The first-order chi connectivity index (χ1) is 17.1. The molecule has 1 aliphatic rings. The highest BCUT2D eigenvalue weighted by molar-refractivity contribution is 9.10. The number of amides is 1. The standard InChI is InChI=1S/C27H30BrNO5S2/c1-6-33-24(30)8-7-9-29-26(31)23(36-27(29)35)14-19-12-21(28)25(22(13-19)32-5)34-15-20-11-17(3)16(2)10-18(20)4/h10-14H,6-9,15H2,1-5H3/b23-14+. The molecule has 0 aromatic heterocycles. The van der Waals surface area contributed by atoms with E-state index in [0.717, 1.165) is 15.6 Å². The van der Waals surface area contributed by atoms with Crippen molar-refractivity contribution in [2.75, 3.05) is 20.3 Å². The lowest BCUT2D eigenvalue weighted by Gasteiger charge is -2.16. The number of hydrogen-bond donors (Lipinski definition) is 0. The normalized spacial score (nSPS) is 14.5. The maximum Gasteiger partial charge on any atom is 0.305 e. The van der Waals surface area contributed by atoms with Gasteiger partial charge in [0.2, 0.25) is 0 Å². The van der Waals surface area contributed by atoms with E-state index >= 15 is 0 Å². The second-order valence-corrected chi connectivity index (χ2v) is 11.0. The zero-order chi connectivity index (χ0) is 26.4. The summed E-state index contributed by atoms with van der Waals surface area (Å²) in [6.07, 6.45) is 2.52. The largest absolute Gasteiger partial charge is 0.493 e. The summed E-state index contributed by atoms with van der Waals surface area (Å²) in [5, 5.41) is 0. The molecule has 1 amide bonds. The van der Waals surface area contributed by atoms with Gasteiger partial charge in [0.05, 0.1) is 23.1 Å². The fraction of sp³-hybridized carbons (Fsp3) is 0.370. The van der Waals surface area contributed by atoms with Gasteiger partial charge in [0, 0.05) is 13.0 Å². The molecule has 2 aromatic carbocycles. The lowest BCUT2D eigenvalue weighted by atomic mass is 10.0. The van der Waals surface area contributed by atoms with E-state index in [4.69, 9.17) is 26.4 Å².